The quantitative estimate of drug-likeness (QED) is 0.806. The maximum atomic E-state index is 12.8. The van der Waals surface area contributed by atoms with Crippen molar-refractivity contribution in [2.45, 2.75) is 19.4 Å². The summed E-state index contributed by atoms with van der Waals surface area (Å²) in [6.45, 7) is 1.27. The Morgan fingerprint density at radius 1 is 1.58 bits per heavy atom. The highest BCUT2D eigenvalue weighted by Crippen LogP contribution is 2.34. The monoisotopic (exact) mass is 395 g/mol. The number of nitrogens with one attached hydrogen (secondary N) is 1. The number of amides is 1. The molecular weight excluding hydrogens is 378 g/mol. The largest absolute Gasteiger partial charge is 0.481 e. The van der Waals surface area contributed by atoms with Crippen LogP contribution in [0.1, 0.15) is 17.5 Å². The summed E-state index contributed by atoms with van der Waals surface area (Å²) in [5.74, 6) is -1.68. The third-order valence-corrected chi connectivity index (χ3v) is 4.98. The van der Waals surface area contributed by atoms with E-state index in [0.717, 1.165) is 26.5 Å². The van der Waals surface area contributed by atoms with Crippen LogP contribution in [-0.2, 0) is 27.3 Å². The first-order valence-electron chi connectivity index (χ1n) is 7.64. The summed E-state index contributed by atoms with van der Waals surface area (Å²) in [7, 11) is 1.58. The average molecular weight is 396 g/mol. The Hall–Kier alpha value is -1.93. The van der Waals surface area contributed by atoms with Crippen molar-refractivity contribution < 1.29 is 19.4 Å². The van der Waals surface area contributed by atoms with Crippen LogP contribution in [0, 0.1) is 5.92 Å². The van der Waals surface area contributed by atoms with E-state index < -0.39 is 11.9 Å². The molecule has 1 aromatic heterocycles. The number of hydrogen-bond acceptors (Lipinski definition) is 4. The lowest BCUT2D eigenvalue weighted by Crippen LogP contribution is -2.37. The van der Waals surface area contributed by atoms with Crippen LogP contribution in [0.15, 0.2) is 16.7 Å². The van der Waals surface area contributed by atoms with E-state index in [1.54, 1.807) is 18.2 Å². The van der Waals surface area contributed by atoms with Crippen molar-refractivity contribution in [2.24, 2.45) is 5.92 Å². The summed E-state index contributed by atoms with van der Waals surface area (Å²) < 4.78 is 5.96. The molecule has 7 nitrogen and oxygen atoms in total. The smallest absolute Gasteiger partial charge is 0.304 e. The molecule has 1 aliphatic rings. The second-order valence-corrected chi connectivity index (χ2v) is 6.76. The number of halogens is 1. The molecule has 2 N–H and O–H groups in total. The fourth-order valence-electron chi connectivity index (χ4n) is 3.19. The molecule has 0 saturated carbocycles. The van der Waals surface area contributed by atoms with Gasteiger partial charge in [0.1, 0.15) is 0 Å². The number of aliphatic carboxylic acids is 1. The van der Waals surface area contributed by atoms with Gasteiger partial charge in [0.15, 0.2) is 0 Å². The van der Waals surface area contributed by atoms with Gasteiger partial charge in [-0.2, -0.15) is 5.10 Å². The van der Waals surface area contributed by atoms with Gasteiger partial charge >= 0.3 is 5.97 Å². The molecule has 3 rings (SSSR count). The molecular formula is C16H18BrN3O4. The highest BCUT2D eigenvalue weighted by molar-refractivity contribution is 9.10. The Balaban J connectivity index is 2.07. The number of fused-ring (bicyclic) bond motifs is 3. The topological polar surface area (TPSA) is 95.5 Å². The number of carbonyl (C=O) groups is 2. The Bertz CT molecular complexity index is 789. The molecule has 128 valence electrons. The van der Waals surface area contributed by atoms with Crippen molar-refractivity contribution in [1.82, 2.24) is 15.1 Å². The molecule has 0 spiro atoms. The molecule has 8 heteroatoms. The maximum Gasteiger partial charge on any atom is 0.304 e. The summed E-state index contributed by atoms with van der Waals surface area (Å²) in [6.07, 6.45) is 1.97. The lowest BCUT2D eigenvalue weighted by molar-refractivity contribution is -0.144. The first-order valence-corrected chi connectivity index (χ1v) is 8.43. The van der Waals surface area contributed by atoms with E-state index in [0.29, 0.717) is 26.1 Å². The van der Waals surface area contributed by atoms with E-state index in [1.165, 1.54) is 0 Å². The van der Waals surface area contributed by atoms with Crippen molar-refractivity contribution in [3.05, 3.63) is 27.9 Å². The summed E-state index contributed by atoms with van der Waals surface area (Å²) in [5, 5.41) is 17.2. The summed E-state index contributed by atoms with van der Waals surface area (Å²) >= 11 is 3.52. The Morgan fingerprint density at radius 2 is 2.38 bits per heavy atom. The molecule has 2 aromatic rings. The second-order valence-electron chi connectivity index (χ2n) is 5.91. The Labute approximate surface area is 147 Å². The highest BCUT2D eigenvalue weighted by Gasteiger charge is 2.32. The van der Waals surface area contributed by atoms with E-state index >= 15 is 0 Å². The number of ether oxygens (including phenoxy) is 1. The van der Waals surface area contributed by atoms with Crippen molar-refractivity contribution in [1.29, 1.82) is 0 Å². The SMILES string of the molecule is COCCN1Cc2c(cc(Br)c3[nH]ncc23)CC(CC(=O)O)C1=O. The molecule has 0 saturated heterocycles. The minimum atomic E-state index is -0.966. The summed E-state index contributed by atoms with van der Waals surface area (Å²) in [6, 6.07) is 1.96. The highest BCUT2D eigenvalue weighted by atomic mass is 79.9. The molecule has 0 radical (unpaired) electrons. The minimum absolute atomic E-state index is 0.140. The fourth-order valence-corrected chi connectivity index (χ4v) is 3.77. The second kappa shape index (κ2) is 6.90. The van der Waals surface area contributed by atoms with Crippen LogP contribution >= 0.6 is 15.9 Å². The molecule has 0 fully saturated rings. The molecule has 2 heterocycles. The number of H-pyrrole nitrogens is 1. The zero-order valence-electron chi connectivity index (χ0n) is 13.2. The predicted octanol–water partition coefficient (Wildman–Crippen LogP) is 1.95. The number of benzene rings is 1. The number of aromatic amines is 1. The van der Waals surface area contributed by atoms with Crippen LogP contribution in [-0.4, -0.2) is 52.3 Å². The van der Waals surface area contributed by atoms with Crippen LogP contribution in [0.2, 0.25) is 0 Å². The number of carbonyl (C=O) groups excluding carboxylic acids is 1. The van der Waals surface area contributed by atoms with Gasteiger partial charge in [0.2, 0.25) is 5.91 Å². The van der Waals surface area contributed by atoms with E-state index in [4.69, 9.17) is 9.84 Å². The van der Waals surface area contributed by atoms with Crippen LogP contribution in [0.3, 0.4) is 0 Å². The number of hydrogen-bond donors (Lipinski definition) is 2. The van der Waals surface area contributed by atoms with Crippen LogP contribution < -0.4 is 0 Å². The lowest BCUT2D eigenvalue weighted by Gasteiger charge is -2.23. The molecule has 1 aliphatic heterocycles. The number of carboxylic acids is 1. The molecule has 24 heavy (non-hydrogen) atoms. The molecule has 1 aromatic carbocycles. The van der Waals surface area contributed by atoms with Gasteiger partial charge in [0.05, 0.1) is 30.7 Å². The van der Waals surface area contributed by atoms with E-state index in [2.05, 4.69) is 26.1 Å². The Kier molecular flexibility index (Phi) is 4.86. The number of aromatic nitrogens is 2. The van der Waals surface area contributed by atoms with Gasteiger partial charge in [-0.05, 0) is 39.5 Å². The molecule has 1 unspecified atom stereocenters. The molecule has 1 atom stereocenters. The third kappa shape index (κ3) is 3.16. The van der Waals surface area contributed by atoms with Crippen LogP contribution in [0.25, 0.3) is 10.9 Å². The Morgan fingerprint density at radius 3 is 3.08 bits per heavy atom. The molecule has 0 bridgehead atoms. The average Bonchev–Trinajstić information content (AvgIpc) is 2.98. The van der Waals surface area contributed by atoms with Crippen molar-refractivity contribution in [2.75, 3.05) is 20.3 Å². The van der Waals surface area contributed by atoms with Gasteiger partial charge in [0.25, 0.3) is 0 Å². The number of nitrogens with zero attached hydrogens (tertiary/aromatic N) is 2. The zero-order valence-corrected chi connectivity index (χ0v) is 14.8. The van der Waals surface area contributed by atoms with Gasteiger partial charge < -0.3 is 14.7 Å². The zero-order chi connectivity index (χ0) is 17.3. The molecule has 0 aliphatic carbocycles. The van der Waals surface area contributed by atoms with E-state index in [1.807, 2.05) is 6.07 Å². The fraction of sp³-hybridized carbons (Fsp3) is 0.438. The number of carboxylic acid groups (broad SMARTS) is 1. The number of methoxy groups -OCH3 is 1. The van der Waals surface area contributed by atoms with Gasteiger partial charge in [-0.3, -0.25) is 14.7 Å². The van der Waals surface area contributed by atoms with E-state index in [-0.39, 0.29) is 12.3 Å². The minimum Gasteiger partial charge on any atom is -0.481 e. The van der Waals surface area contributed by atoms with Crippen molar-refractivity contribution in [3.63, 3.8) is 0 Å². The van der Waals surface area contributed by atoms with Crippen LogP contribution in [0.4, 0.5) is 0 Å². The summed E-state index contributed by atoms with van der Waals surface area (Å²) in [4.78, 5) is 25.6. The maximum absolute atomic E-state index is 12.8. The number of rotatable bonds is 5. The summed E-state index contributed by atoms with van der Waals surface area (Å²) in [5.41, 5.74) is 2.87. The predicted molar refractivity (Wildman–Crippen MR) is 90.5 cm³/mol. The first-order chi connectivity index (χ1) is 11.5. The first kappa shape index (κ1) is 16.9. The standard InChI is InChI=1S/C16H18BrN3O4/c1-24-3-2-20-8-12-9(4-10(16(20)23)6-14(21)22)5-13(17)15-11(12)7-18-19-15/h5,7,10H,2-4,6,8H2,1H3,(H,18,19)(H,21,22). The molecule has 1 amide bonds. The van der Waals surface area contributed by atoms with Crippen molar-refractivity contribution >= 4 is 38.7 Å². The van der Waals surface area contributed by atoms with Gasteiger partial charge in [-0.25, -0.2) is 0 Å². The van der Waals surface area contributed by atoms with Gasteiger partial charge in [-0.15, -0.1) is 0 Å². The van der Waals surface area contributed by atoms with Crippen LogP contribution in [0.5, 0.6) is 0 Å². The van der Waals surface area contributed by atoms with E-state index in [9.17, 15) is 9.59 Å². The normalized spacial score (nSPS) is 17.8. The van der Waals surface area contributed by atoms with Gasteiger partial charge in [-0.1, -0.05) is 0 Å². The van der Waals surface area contributed by atoms with Crippen molar-refractivity contribution in [3.8, 4) is 0 Å². The lowest BCUT2D eigenvalue weighted by atomic mass is 9.93. The third-order valence-electron chi connectivity index (χ3n) is 4.35. The van der Waals surface area contributed by atoms with Gasteiger partial charge in [0, 0.05) is 30.1 Å².